The van der Waals surface area contributed by atoms with Gasteiger partial charge < -0.3 is 10.4 Å². The van der Waals surface area contributed by atoms with Gasteiger partial charge in [-0.25, -0.2) is 0 Å². The Morgan fingerprint density at radius 3 is 2.32 bits per heavy atom. The molecule has 0 radical (unpaired) electrons. The van der Waals surface area contributed by atoms with Gasteiger partial charge in [0.05, 0.1) is 5.41 Å². The Hall–Kier alpha value is -1.06. The van der Waals surface area contributed by atoms with Crippen LogP contribution in [0, 0.1) is 11.3 Å². The quantitative estimate of drug-likeness (QED) is 0.746. The molecule has 0 aromatic rings. The number of rotatable bonds is 7. The molecule has 19 heavy (non-hydrogen) atoms. The van der Waals surface area contributed by atoms with Gasteiger partial charge in [-0.15, -0.1) is 0 Å². The third-order valence-electron chi connectivity index (χ3n) is 4.37. The number of carbonyl (C=O) groups is 2. The van der Waals surface area contributed by atoms with Gasteiger partial charge in [0.25, 0.3) is 0 Å². The molecular weight excluding hydrogens is 242 g/mol. The van der Waals surface area contributed by atoms with Crippen molar-refractivity contribution in [3.8, 4) is 0 Å². The Morgan fingerprint density at radius 2 is 1.84 bits per heavy atom. The van der Waals surface area contributed by atoms with E-state index < -0.39 is 11.4 Å². The van der Waals surface area contributed by atoms with E-state index in [0.29, 0.717) is 18.8 Å². The van der Waals surface area contributed by atoms with E-state index in [1.165, 1.54) is 0 Å². The Bertz CT molecular complexity index is 321. The summed E-state index contributed by atoms with van der Waals surface area (Å²) in [5.74, 6) is -0.343. The van der Waals surface area contributed by atoms with Crippen molar-refractivity contribution < 1.29 is 14.7 Å². The second-order valence-electron chi connectivity index (χ2n) is 6.19. The van der Waals surface area contributed by atoms with Crippen molar-refractivity contribution in [2.45, 2.75) is 71.8 Å². The van der Waals surface area contributed by atoms with Crippen LogP contribution in [0.3, 0.4) is 0 Å². The van der Waals surface area contributed by atoms with Gasteiger partial charge in [-0.3, -0.25) is 9.59 Å². The number of carbonyl (C=O) groups excluding carboxylic acids is 1. The van der Waals surface area contributed by atoms with Gasteiger partial charge in [0, 0.05) is 12.5 Å². The Labute approximate surface area is 116 Å². The lowest BCUT2D eigenvalue weighted by atomic mass is 9.82. The highest BCUT2D eigenvalue weighted by Gasteiger charge is 2.43. The molecule has 0 aromatic heterocycles. The van der Waals surface area contributed by atoms with Crippen molar-refractivity contribution in [2.24, 2.45) is 11.3 Å². The van der Waals surface area contributed by atoms with E-state index in [4.69, 9.17) is 0 Å². The predicted octanol–water partition coefficient (Wildman–Crippen LogP) is 2.96. The van der Waals surface area contributed by atoms with E-state index in [2.05, 4.69) is 19.2 Å². The molecule has 1 amide bonds. The first kappa shape index (κ1) is 16.0. The van der Waals surface area contributed by atoms with Crippen LogP contribution in [-0.2, 0) is 9.59 Å². The van der Waals surface area contributed by atoms with Gasteiger partial charge in [-0.1, -0.05) is 33.1 Å². The first-order chi connectivity index (χ1) is 8.89. The molecule has 0 aromatic carbocycles. The number of hydrogen-bond acceptors (Lipinski definition) is 2. The van der Waals surface area contributed by atoms with Crippen molar-refractivity contribution in [1.29, 1.82) is 0 Å². The smallest absolute Gasteiger partial charge is 0.310 e. The normalized spacial score (nSPS) is 20.8. The summed E-state index contributed by atoms with van der Waals surface area (Å²) in [6.45, 7) is 6.29. The fourth-order valence-corrected chi connectivity index (χ4v) is 2.98. The third kappa shape index (κ3) is 4.51. The lowest BCUT2D eigenvalue weighted by molar-refractivity contribution is -0.151. The van der Waals surface area contributed by atoms with E-state index in [1.807, 2.05) is 6.92 Å². The molecule has 0 aliphatic heterocycles. The van der Waals surface area contributed by atoms with Crippen LogP contribution in [0.2, 0.25) is 0 Å². The molecule has 0 heterocycles. The minimum atomic E-state index is -0.810. The summed E-state index contributed by atoms with van der Waals surface area (Å²) < 4.78 is 0. The van der Waals surface area contributed by atoms with E-state index >= 15 is 0 Å². The molecule has 110 valence electrons. The SMILES string of the molecule is CCC(C)CC(C)NC(=O)CC1(C(=O)O)CCCC1. The third-order valence-corrected chi connectivity index (χ3v) is 4.37. The Morgan fingerprint density at radius 1 is 1.26 bits per heavy atom. The van der Waals surface area contributed by atoms with Gasteiger partial charge in [-0.2, -0.15) is 0 Å². The molecule has 1 aliphatic rings. The van der Waals surface area contributed by atoms with E-state index in [9.17, 15) is 14.7 Å². The summed E-state index contributed by atoms with van der Waals surface area (Å²) in [6, 6.07) is 0.120. The number of amides is 1. The number of nitrogens with one attached hydrogen (secondary N) is 1. The number of hydrogen-bond donors (Lipinski definition) is 2. The molecule has 0 saturated heterocycles. The van der Waals surface area contributed by atoms with Crippen LogP contribution in [0.15, 0.2) is 0 Å². The topological polar surface area (TPSA) is 66.4 Å². The molecule has 0 bridgehead atoms. The fraction of sp³-hybridized carbons (Fsp3) is 0.867. The molecule has 1 aliphatic carbocycles. The fourth-order valence-electron chi connectivity index (χ4n) is 2.98. The lowest BCUT2D eigenvalue weighted by Gasteiger charge is -2.24. The minimum absolute atomic E-state index is 0.111. The second kappa shape index (κ2) is 6.92. The zero-order valence-corrected chi connectivity index (χ0v) is 12.4. The maximum atomic E-state index is 12.0. The van der Waals surface area contributed by atoms with Crippen LogP contribution in [0.4, 0.5) is 0 Å². The molecule has 1 rings (SSSR count). The highest BCUT2D eigenvalue weighted by atomic mass is 16.4. The van der Waals surface area contributed by atoms with Crippen LogP contribution < -0.4 is 5.32 Å². The molecule has 0 spiro atoms. The molecule has 2 atom stereocenters. The average Bonchev–Trinajstić information content (AvgIpc) is 2.78. The number of aliphatic carboxylic acids is 1. The summed E-state index contributed by atoms with van der Waals surface area (Å²) in [4.78, 5) is 23.4. The molecule has 4 nitrogen and oxygen atoms in total. The minimum Gasteiger partial charge on any atom is -0.481 e. The standard InChI is InChI=1S/C15H27NO3/c1-4-11(2)9-12(3)16-13(17)10-15(14(18)19)7-5-6-8-15/h11-12H,4-10H2,1-3H3,(H,16,17)(H,18,19). The zero-order chi connectivity index (χ0) is 14.5. The Kier molecular flexibility index (Phi) is 5.83. The largest absolute Gasteiger partial charge is 0.481 e. The second-order valence-corrected chi connectivity index (χ2v) is 6.19. The van der Waals surface area contributed by atoms with Crippen molar-refractivity contribution in [2.75, 3.05) is 0 Å². The lowest BCUT2D eigenvalue weighted by Crippen LogP contribution is -2.39. The summed E-state index contributed by atoms with van der Waals surface area (Å²) >= 11 is 0. The van der Waals surface area contributed by atoms with Crippen molar-refractivity contribution >= 4 is 11.9 Å². The van der Waals surface area contributed by atoms with E-state index in [1.54, 1.807) is 0 Å². The summed E-state index contributed by atoms with van der Waals surface area (Å²) in [5, 5.41) is 12.3. The molecular formula is C15H27NO3. The Balaban J connectivity index is 2.47. The van der Waals surface area contributed by atoms with Crippen molar-refractivity contribution in [3.63, 3.8) is 0 Å². The molecule has 1 fully saturated rings. The molecule has 2 N–H and O–H groups in total. The average molecular weight is 269 g/mol. The highest BCUT2D eigenvalue weighted by molar-refractivity contribution is 5.85. The zero-order valence-electron chi connectivity index (χ0n) is 12.4. The first-order valence-corrected chi connectivity index (χ1v) is 7.42. The first-order valence-electron chi connectivity index (χ1n) is 7.42. The van der Waals surface area contributed by atoms with Crippen LogP contribution in [-0.4, -0.2) is 23.0 Å². The summed E-state index contributed by atoms with van der Waals surface area (Å²) in [7, 11) is 0. The van der Waals surface area contributed by atoms with Gasteiger partial charge in [-0.05, 0) is 32.1 Å². The van der Waals surface area contributed by atoms with E-state index in [0.717, 1.165) is 25.7 Å². The van der Waals surface area contributed by atoms with Gasteiger partial charge in [0.15, 0.2) is 0 Å². The summed E-state index contributed by atoms with van der Waals surface area (Å²) in [5.41, 5.74) is -0.805. The van der Waals surface area contributed by atoms with Crippen LogP contribution in [0.1, 0.15) is 65.7 Å². The number of carboxylic acid groups (broad SMARTS) is 1. The van der Waals surface area contributed by atoms with Crippen LogP contribution in [0.5, 0.6) is 0 Å². The van der Waals surface area contributed by atoms with E-state index in [-0.39, 0.29) is 18.4 Å². The monoisotopic (exact) mass is 269 g/mol. The number of carboxylic acids is 1. The highest BCUT2D eigenvalue weighted by Crippen LogP contribution is 2.41. The van der Waals surface area contributed by atoms with Crippen LogP contribution in [0.25, 0.3) is 0 Å². The van der Waals surface area contributed by atoms with Gasteiger partial charge in [0.1, 0.15) is 0 Å². The predicted molar refractivity (Wildman–Crippen MR) is 74.8 cm³/mol. The maximum absolute atomic E-state index is 12.0. The maximum Gasteiger partial charge on any atom is 0.310 e. The molecule has 2 unspecified atom stereocenters. The van der Waals surface area contributed by atoms with Gasteiger partial charge in [0.2, 0.25) is 5.91 Å². The summed E-state index contributed by atoms with van der Waals surface area (Å²) in [6.07, 6.45) is 5.28. The van der Waals surface area contributed by atoms with Gasteiger partial charge >= 0.3 is 5.97 Å². The molecule has 4 heteroatoms. The van der Waals surface area contributed by atoms with Crippen LogP contribution >= 0.6 is 0 Å². The molecule has 1 saturated carbocycles. The van der Waals surface area contributed by atoms with Crippen molar-refractivity contribution in [3.05, 3.63) is 0 Å². The van der Waals surface area contributed by atoms with Crippen molar-refractivity contribution in [1.82, 2.24) is 5.32 Å².